The molecule has 11 heavy (non-hydrogen) atoms. The van der Waals surface area contributed by atoms with Crippen molar-refractivity contribution in [3.63, 3.8) is 0 Å². The standard InChI is InChI=1S/C9H20O2/c1-5-8(6-11-4)9(10)7(2)3/h7-10H,5-6H2,1-4H3. The van der Waals surface area contributed by atoms with E-state index in [1.165, 1.54) is 0 Å². The van der Waals surface area contributed by atoms with Gasteiger partial charge in [-0.3, -0.25) is 0 Å². The molecule has 0 radical (unpaired) electrons. The Bertz CT molecular complexity index is 91.6. The second kappa shape index (κ2) is 5.56. The molecule has 0 aromatic carbocycles. The first-order valence-corrected chi connectivity index (χ1v) is 4.30. The number of hydrogen-bond donors (Lipinski definition) is 1. The second-order valence-corrected chi connectivity index (χ2v) is 3.36. The van der Waals surface area contributed by atoms with Crippen molar-refractivity contribution in [1.82, 2.24) is 0 Å². The molecule has 1 N–H and O–H groups in total. The van der Waals surface area contributed by atoms with Crippen LogP contribution in [-0.2, 0) is 4.74 Å². The largest absolute Gasteiger partial charge is 0.392 e. The Balaban J connectivity index is 3.81. The molecule has 0 aliphatic rings. The average Bonchev–Trinajstić information content (AvgIpc) is 1.98. The fourth-order valence-electron chi connectivity index (χ4n) is 1.22. The van der Waals surface area contributed by atoms with Crippen LogP contribution in [0.5, 0.6) is 0 Å². The Morgan fingerprint density at radius 1 is 1.36 bits per heavy atom. The van der Waals surface area contributed by atoms with Gasteiger partial charge in [0.05, 0.1) is 12.7 Å². The molecule has 0 saturated heterocycles. The maximum atomic E-state index is 9.64. The van der Waals surface area contributed by atoms with E-state index >= 15 is 0 Å². The van der Waals surface area contributed by atoms with Crippen molar-refractivity contribution in [3.8, 4) is 0 Å². The van der Waals surface area contributed by atoms with Crippen molar-refractivity contribution in [1.29, 1.82) is 0 Å². The molecule has 68 valence electrons. The Labute approximate surface area is 69.6 Å². The lowest BCUT2D eigenvalue weighted by atomic mass is 9.92. The number of aliphatic hydroxyl groups is 1. The highest BCUT2D eigenvalue weighted by Gasteiger charge is 2.19. The molecule has 0 spiro atoms. The summed E-state index contributed by atoms with van der Waals surface area (Å²) >= 11 is 0. The number of methoxy groups -OCH3 is 1. The number of rotatable bonds is 5. The van der Waals surface area contributed by atoms with Crippen LogP contribution in [0.25, 0.3) is 0 Å². The number of aliphatic hydroxyl groups excluding tert-OH is 1. The van der Waals surface area contributed by atoms with Crippen LogP contribution in [0.15, 0.2) is 0 Å². The van der Waals surface area contributed by atoms with E-state index in [0.29, 0.717) is 18.4 Å². The minimum absolute atomic E-state index is 0.222. The van der Waals surface area contributed by atoms with Gasteiger partial charge in [0.15, 0.2) is 0 Å². The van der Waals surface area contributed by atoms with Crippen molar-refractivity contribution in [2.24, 2.45) is 11.8 Å². The normalized spacial score (nSPS) is 16.9. The molecule has 0 saturated carbocycles. The van der Waals surface area contributed by atoms with E-state index in [2.05, 4.69) is 6.92 Å². The first-order valence-electron chi connectivity index (χ1n) is 4.30. The van der Waals surface area contributed by atoms with Crippen LogP contribution < -0.4 is 0 Å². The fourth-order valence-corrected chi connectivity index (χ4v) is 1.22. The van der Waals surface area contributed by atoms with E-state index in [4.69, 9.17) is 4.74 Å². The van der Waals surface area contributed by atoms with Crippen molar-refractivity contribution >= 4 is 0 Å². The minimum Gasteiger partial charge on any atom is -0.392 e. The zero-order chi connectivity index (χ0) is 8.85. The molecule has 2 nitrogen and oxygen atoms in total. The zero-order valence-electron chi connectivity index (χ0n) is 8.00. The molecule has 0 amide bonds. The lowest BCUT2D eigenvalue weighted by Crippen LogP contribution is -2.28. The average molecular weight is 160 g/mol. The third-order valence-electron chi connectivity index (χ3n) is 2.07. The highest BCUT2D eigenvalue weighted by atomic mass is 16.5. The highest BCUT2D eigenvalue weighted by molar-refractivity contribution is 4.69. The summed E-state index contributed by atoms with van der Waals surface area (Å²) in [6.45, 7) is 6.80. The van der Waals surface area contributed by atoms with Gasteiger partial charge in [0.25, 0.3) is 0 Å². The lowest BCUT2D eigenvalue weighted by Gasteiger charge is -2.23. The summed E-state index contributed by atoms with van der Waals surface area (Å²) in [5.41, 5.74) is 0. The first kappa shape index (κ1) is 10.9. The van der Waals surface area contributed by atoms with E-state index in [-0.39, 0.29) is 6.10 Å². The van der Waals surface area contributed by atoms with Crippen LogP contribution in [0.3, 0.4) is 0 Å². The molecule has 2 unspecified atom stereocenters. The third-order valence-corrected chi connectivity index (χ3v) is 2.07. The Morgan fingerprint density at radius 3 is 2.18 bits per heavy atom. The first-order chi connectivity index (χ1) is 5.13. The summed E-state index contributed by atoms with van der Waals surface area (Å²) in [4.78, 5) is 0. The monoisotopic (exact) mass is 160 g/mol. The smallest absolute Gasteiger partial charge is 0.0613 e. The molecule has 0 aliphatic heterocycles. The van der Waals surface area contributed by atoms with Gasteiger partial charge < -0.3 is 9.84 Å². The molecule has 0 aliphatic carbocycles. The maximum Gasteiger partial charge on any atom is 0.0613 e. The van der Waals surface area contributed by atoms with E-state index in [9.17, 15) is 5.11 Å². The van der Waals surface area contributed by atoms with Crippen molar-refractivity contribution in [2.45, 2.75) is 33.3 Å². The van der Waals surface area contributed by atoms with Gasteiger partial charge >= 0.3 is 0 Å². The van der Waals surface area contributed by atoms with Crippen LogP contribution in [0.1, 0.15) is 27.2 Å². The molecule has 2 atom stereocenters. The van der Waals surface area contributed by atoms with Gasteiger partial charge in [-0.15, -0.1) is 0 Å². The van der Waals surface area contributed by atoms with Gasteiger partial charge in [-0.1, -0.05) is 20.8 Å². The summed E-state index contributed by atoms with van der Waals surface area (Å²) in [6.07, 6.45) is 0.757. The fraction of sp³-hybridized carbons (Fsp3) is 1.00. The summed E-state index contributed by atoms with van der Waals surface area (Å²) in [5, 5.41) is 9.64. The lowest BCUT2D eigenvalue weighted by molar-refractivity contribution is 0.0184. The van der Waals surface area contributed by atoms with Gasteiger partial charge in [-0.25, -0.2) is 0 Å². The van der Waals surface area contributed by atoms with Crippen LogP contribution in [0.4, 0.5) is 0 Å². The summed E-state index contributed by atoms with van der Waals surface area (Å²) < 4.78 is 5.01. The molecular weight excluding hydrogens is 140 g/mol. The van der Waals surface area contributed by atoms with Gasteiger partial charge in [0, 0.05) is 13.0 Å². The molecular formula is C9H20O2. The molecule has 2 heteroatoms. The van der Waals surface area contributed by atoms with Gasteiger partial charge in [-0.2, -0.15) is 0 Å². The highest BCUT2D eigenvalue weighted by Crippen LogP contribution is 2.16. The van der Waals surface area contributed by atoms with Crippen molar-refractivity contribution in [3.05, 3.63) is 0 Å². The van der Waals surface area contributed by atoms with E-state index in [1.807, 2.05) is 13.8 Å². The van der Waals surface area contributed by atoms with Crippen LogP contribution >= 0.6 is 0 Å². The molecule has 0 rings (SSSR count). The molecule has 0 aromatic heterocycles. The number of ether oxygens (including phenoxy) is 1. The predicted molar refractivity (Wildman–Crippen MR) is 46.5 cm³/mol. The Morgan fingerprint density at radius 2 is 1.91 bits per heavy atom. The van der Waals surface area contributed by atoms with E-state index < -0.39 is 0 Å². The quantitative estimate of drug-likeness (QED) is 0.663. The van der Waals surface area contributed by atoms with Crippen molar-refractivity contribution < 1.29 is 9.84 Å². The Hall–Kier alpha value is -0.0800. The van der Waals surface area contributed by atoms with Crippen molar-refractivity contribution in [2.75, 3.05) is 13.7 Å². The molecule has 0 aromatic rings. The van der Waals surface area contributed by atoms with E-state index in [0.717, 1.165) is 6.42 Å². The van der Waals surface area contributed by atoms with Gasteiger partial charge in [0.1, 0.15) is 0 Å². The Kier molecular flexibility index (Phi) is 5.51. The summed E-state index contributed by atoms with van der Waals surface area (Å²) in [7, 11) is 1.68. The third kappa shape index (κ3) is 3.73. The van der Waals surface area contributed by atoms with Crippen LogP contribution in [0.2, 0.25) is 0 Å². The molecule has 0 bridgehead atoms. The molecule has 0 heterocycles. The summed E-state index contributed by atoms with van der Waals surface area (Å²) in [5.74, 6) is 0.620. The van der Waals surface area contributed by atoms with E-state index in [1.54, 1.807) is 7.11 Å². The predicted octanol–water partition coefficient (Wildman–Crippen LogP) is 1.68. The summed E-state index contributed by atoms with van der Waals surface area (Å²) in [6, 6.07) is 0. The van der Waals surface area contributed by atoms with Gasteiger partial charge in [-0.05, 0) is 12.3 Å². The minimum atomic E-state index is -0.222. The van der Waals surface area contributed by atoms with Crippen LogP contribution in [0, 0.1) is 11.8 Å². The van der Waals surface area contributed by atoms with Crippen LogP contribution in [-0.4, -0.2) is 24.9 Å². The molecule has 0 fully saturated rings. The van der Waals surface area contributed by atoms with Gasteiger partial charge in [0.2, 0.25) is 0 Å². The SMILES string of the molecule is CCC(COC)C(O)C(C)C. The number of hydrogen-bond acceptors (Lipinski definition) is 2. The maximum absolute atomic E-state index is 9.64. The topological polar surface area (TPSA) is 29.5 Å². The zero-order valence-corrected chi connectivity index (χ0v) is 8.00. The second-order valence-electron chi connectivity index (χ2n) is 3.36.